The highest BCUT2D eigenvalue weighted by Gasteiger charge is 2.26. The zero-order valence-electron chi connectivity index (χ0n) is 11.8. The third-order valence-electron chi connectivity index (χ3n) is 3.43. The minimum atomic E-state index is -0.386. The van der Waals surface area contributed by atoms with Crippen LogP contribution < -0.4 is 5.69 Å². The van der Waals surface area contributed by atoms with Crippen LogP contribution in [-0.2, 0) is 16.1 Å². The van der Waals surface area contributed by atoms with Crippen LogP contribution >= 0.6 is 0 Å². The zero-order chi connectivity index (χ0) is 14.4. The van der Waals surface area contributed by atoms with Crippen LogP contribution in [0.15, 0.2) is 23.3 Å². The lowest BCUT2D eigenvalue weighted by molar-refractivity contribution is -0.131. The second-order valence-corrected chi connectivity index (χ2v) is 5.10. The van der Waals surface area contributed by atoms with E-state index in [1.807, 2.05) is 0 Å². The molecule has 0 aliphatic carbocycles. The number of amides is 1. The lowest BCUT2D eigenvalue weighted by atomic mass is 10.1. The van der Waals surface area contributed by atoms with Gasteiger partial charge in [0.2, 0.25) is 5.91 Å². The summed E-state index contributed by atoms with van der Waals surface area (Å²) in [5.41, 5.74) is -0.386. The van der Waals surface area contributed by atoms with Gasteiger partial charge in [-0.05, 0) is 18.9 Å². The number of rotatable bonds is 6. The van der Waals surface area contributed by atoms with E-state index in [1.54, 1.807) is 17.2 Å². The topological polar surface area (TPSA) is 64.4 Å². The van der Waals surface area contributed by atoms with Crippen LogP contribution in [0.1, 0.15) is 19.8 Å². The molecule has 0 saturated carbocycles. The molecule has 1 saturated heterocycles. The van der Waals surface area contributed by atoms with Crippen molar-refractivity contribution in [1.29, 1.82) is 0 Å². The fourth-order valence-corrected chi connectivity index (χ4v) is 2.34. The van der Waals surface area contributed by atoms with Crippen LogP contribution in [0.5, 0.6) is 0 Å². The lowest BCUT2D eigenvalue weighted by Gasteiger charge is -2.17. The number of hydrogen-bond acceptors (Lipinski definition) is 4. The van der Waals surface area contributed by atoms with Gasteiger partial charge in [0.1, 0.15) is 6.54 Å². The molecular weight excluding hydrogens is 258 g/mol. The minimum Gasteiger partial charge on any atom is -0.381 e. The van der Waals surface area contributed by atoms with E-state index >= 15 is 0 Å². The fourth-order valence-electron chi connectivity index (χ4n) is 2.34. The van der Waals surface area contributed by atoms with E-state index in [0.29, 0.717) is 12.5 Å². The summed E-state index contributed by atoms with van der Waals surface area (Å²) in [6.45, 7) is 5.09. The molecular formula is C14H21N3O3. The molecule has 0 bridgehead atoms. The van der Waals surface area contributed by atoms with E-state index in [1.165, 1.54) is 10.8 Å². The van der Waals surface area contributed by atoms with Crippen molar-refractivity contribution in [3.05, 3.63) is 28.9 Å². The first-order valence-electron chi connectivity index (χ1n) is 7.07. The Hall–Kier alpha value is -1.69. The molecule has 110 valence electrons. The first kappa shape index (κ1) is 14.7. The standard InChI is InChI=1S/C14H21N3O3/c1-2-8-20-11-12-4-7-16(9-12)13(18)10-17-6-3-5-15-14(17)19/h3,5-6,12H,2,4,7-11H2,1H3/t12-/m1/s1. The maximum Gasteiger partial charge on any atom is 0.347 e. The van der Waals surface area contributed by atoms with Gasteiger partial charge in [0, 0.05) is 38.0 Å². The molecule has 1 atom stereocenters. The number of hydrogen-bond donors (Lipinski definition) is 0. The summed E-state index contributed by atoms with van der Waals surface area (Å²) in [5.74, 6) is 0.384. The van der Waals surface area contributed by atoms with Crippen LogP contribution in [0.25, 0.3) is 0 Å². The molecule has 0 unspecified atom stereocenters. The minimum absolute atomic E-state index is 0.0295. The summed E-state index contributed by atoms with van der Waals surface area (Å²) in [6.07, 6.45) is 5.00. The Morgan fingerprint density at radius 3 is 3.15 bits per heavy atom. The van der Waals surface area contributed by atoms with E-state index in [-0.39, 0.29) is 18.1 Å². The van der Waals surface area contributed by atoms with E-state index in [2.05, 4.69) is 11.9 Å². The molecule has 1 aromatic rings. The molecule has 6 nitrogen and oxygen atoms in total. The van der Waals surface area contributed by atoms with Gasteiger partial charge in [-0.15, -0.1) is 0 Å². The Labute approximate surface area is 118 Å². The maximum absolute atomic E-state index is 12.1. The second kappa shape index (κ2) is 7.19. The normalized spacial score (nSPS) is 18.4. The molecule has 0 radical (unpaired) electrons. The highest BCUT2D eigenvalue weighted by molar-refractivity contribution is 5.76. The average Bonchev–Trinajstić information content (AvgIpc) is 2.91. The molecule has 0 spiro atoms. The molecule has 1 aliphatic rings. The van der Waals surface area contributed by atoms with Gasteiger partial charge in [0.25, 0.3) is 0 Å². The van der Waals surface area contributed by atoms with Crippen molar-refractivity contribution in [2.75, 3.05) is 26.3 Å². The monoisotopic (exact) mass is 279 g/mol. The SMILES string of the molecule is CCCOC[C@@H]1CCN(C(=O)Cn2cccnc2=O)C1. The molecule has 2 heterocycles. The van der Waals surface area contributed by atoms with Crippen LogP contribution in [0, 0.1) is 5.92 Å². The summed E-state index contributed by atoms with van der Waals surface area (Å²) in [5, 5.41) is 0. The fraction of sp³-hybridized carbons (Fsp3) is 0.643. The Morgan fingerprint density at radius 1 is 1.55 bits per heavy atom. The van der Waals surface area contributed by atoms with Crippen molar-refractivity contribution in [1.82, 2.24) is 14.5 Å². The molecule has 1 amide bonds. The third kappa shape index (κ3) is 3.90. The Morgan fingerprint density at radius 2 is 2.40 bits per heavy atom. The molecule has 1 aromatic heterocycles. The first-order chi connectivity index (χ1) is 9.70. The van der Waals surface area contributed by atoms with Crippen LogP contribution in [0.3, 0.4) is 0 Å². The van der Waals surface area contributed by atoms with Gasteiger partial charge in [0.15, 0.2) is 0 Å². The van der Waals surface area contributed by atoms with Crippen molar-refractivity contribution < 1.29 is 9.53 Å². The van der Waals surface area contributed by atoms with Crippen LogP contribution in [0.2, 0.25) is 0 Å². The summed E-state index contributed by atoms with van der Waals surface area (Å²) < 4.78 is 6.87. The van der Waals surface area contributed by atoms with Crippen LogP contribution in [-0.4, -0.2) is 46.7 Å². The number of likely N-dealkylation sites (tertiary alicyclic amines) is 1. The predicted octanol–water partition coefficient (Wildman–Crippen LogP) is 0.518. The van der Waals surface area contributed by atoms with Crippen molar-refractivity contribution in [2.45, 2.75) is 26.3 Å². The van der Waals surface area contributed by atoms with Gasteiger partial charge in [-0.2, -0.15) is 0 Å². The van der Waals surface area contributed by atoms with Gasteiger partial charge >= 0.3 is 5.69 Å². The Kier molecular flexibility index (Phi) is 5.29. The second-order valence-electron chi connectivity index (χ2n) is 5.10. The Bertz CT molecular complexity index is 500. The van der Waals surface area contributed by atoms with E-state index in [9.17, 15) is 9.59 Å². The quantitative estimate of drug-likeness (QED) is 0.712. The number of ether oxygens (including phenoxy) is 1. The molecule has 6 heteroatoms. The van der Waals surface area contributed by atoms with Gasteiger partial charge < -0.3 is 9.64 Å². The number of aromatic nitrogens is 2. The van der Waals surface area contributed by atoms with Crippen molar-refractivity contribution in [2.24, 2.45) is 5.92 Å². The van der Waals surface area contributed by atoms with Gasteiger partial charge in [-0.1, -0.05) is 6.92 Å². The first-order valence-corrected chi connectivity index (χ1v) is 7.07. The Balaban J connectivity index is 1.82. The summed E-state index contributed by atoms with van der Waals surface area (Å²) in [4.78, 5) is 29.1. The number of carbonyl (C=O) groups excluding carboxylic acids is 1. The molecule has 20 heavy (non-hydrogen) atoms. The van der Waals surface area contributed by atoms with Gasteiger partial charge in [0.05, 0.1) is 6.61 Å². The van der Waals surface area contributed by atoms with Crippen molar-refractivity contribution >= 4 is 5.91 Å². The molecule has 1 aliphatic heterocycles. The molecule has 2 rings (SSSR count). The summed E-state index contributed by atoms with van der Waals surface area (Å²) in [7, 11) is 0. The lowest BCUT2D eigenvalue weighted by Crippen LogP contribution is -2.35. The van der Waals surface area contributed by atoms with Crippen molar-refractivity contribution in [3.8, 4) is 0 Å². The average molecular weight is 279 g/mol. The largest absolute Gasteiger partial charge is 0.381 e. The van der Waals surface area contributed by atoms with E-state index in [0.717, 1.165) is 32.5 Å². The highest BCUT2D eigenvalue weighted by atomic mass is 16.5. The summed E-state index contributed by atoms with van der Waals surface area (Å²) in [6, 6.07) is 1.65. The predicted molar refractivity (Wildman–Crippen MR) is 74.3 cm³/mol. The van der Waals surface area contributed by atoms with Crippen LogP contribution in [0.4, 0.5) is 0 Å². The summed E-state index contributed by atoms with van der Waals surface area (Å²) >= 11 is 0. The molecule has 0 N–H and O–H groups in total. The number of carbonyl (C=O) groups is 1. The third-order valence-corrected chi connectivity index (χ3v) is 3.43. The van der Waals surface area contributed by atoms with Crippen molar-refractivity contribution in [3.63, 3.8) is 0 Å². The highest BCUT2D eigenvalue weighted by Crippen LogP contribution is 2.16. The van der Waals surface area contributed by atoms with Gasteiger partial charge in [-0.25, -0.2) is 9.78 Å². The molecule has 1 fully saturated rings. The van der Waals surface area contributed by atoms with E-state index < -0.39 is 0 Å². The maximum atomic E-state index is 12.1. The zero-order valence-corrected chi connectivity index (χ0v) is 11.8. The van der Waals surface area contributed by atoms with E-state index in [4.69, 9.17) is 4.74 Å². The van der Waals surface area contributed by atoms with Gasteiger partial charge in [-0.3, -0.25) is 9.36 Å². The molecule has 0 aromatic carbocycles. The smallest absolute Gasteiger partial charge is 0.347 e. The number of nitrogens with zero attached hydrogens (tertiary/aromatic N) is 3.